The van der Waals surface area contributed by atoms with Crippen LogP contribution in [-0.2, 0) is 51.4 Å². The second kappa shape index (κ2) is 19.4. The van der Waals surface area contributed by atoms with Gasteiger partial charge in [0.05, 0.1) is 0 Å². The van der Waals surface area contributed by atoms with Crippen LogP contribution in [0.25, 0.3) is 0 Å². The highest BCUT2D eigenvalue weighted by molar-refractivity contribution is 5.60. The molecule has 0 saturated carbocycles. The Morgan fingerprint density at radius 1 is 0.167 bits per heavy atom. The Balaban J connectivity index is 1.18. The largest absolute Gasteiger partial charge is 0.507 e. The second-order valence-electron chi connectivity index (χ2n) is 20.9. The van der Waals surface area contributed by atoms with E-state index >= 15 is 0 Å². The summed E-state index contributed by atoms with van der Waals surface area (Å²) in [4.78, 5) is 0. The highest BCUT2D eigenvalue weighted by Crippen LogP contribution is 2.41. The van der Waals surface area contributed by atoms with E-state index in [-0.39, 0.29) is 97.4 Å². The van der Waals surface area contributed by atoms with Crippen LogP contribution in [0, 0.1) is 55.4 Å². The van der Waals surface area contributed by atoms with E-state index in [1.54, 1.807) is 0 Å². The summed E-state index contributed by atoms with van der Waals surface area (Å²) < 4.78 is 0. The van der Waals surface area contributed by atoms with Crippen molar-refractivity contribution in [1.29, 1.82) is 0 Å². The van der Waals surface area contributed by atoms with Gasteiger partial charge in [-0.2, -0.15) is 0 Å². The standard InChI is InChI=1S/C64H64O8/c1-33-9-41-25-43-11-34(2)13-45(58(43)66)27-47-15-36(4)17-49(60(47)68)29-51-19-38(6)21-53(62(51)70)31-55-23-40(8)24-56(64(55)72)32-54-22-39(7)20-52(63(54)71)30-50-18-37(5)16-48(61(50)69)28-46-14-35(3)12-44(59(46)67)26-42(10-33)57(41)65/h9-24,65-72H,25-32H2,1-8H3. The summed E-state index contributed by atoms with van der Waals surface area (Å²) in [5, 5.41) is 95.5. The molecule has 368 valence electrons. The van der Waals surface area contributed by atoms with Crippen molar-refractivity contribution in [1.82, 2.24) is 0 Å². The van der Waals surface area contributed by atoms with Crippen LogP contribution in [0.1, 0.15) is 134 Å². The van der Waals surface area contributed by atoms with E-state index in [1.165, 1.54) is 0 Å². The fourth-order valence-corrected chi connectivity index (χ4v) is 11.3. The fourth-order valence-electron chi connectivity index (χ4n) is 11.3. The van der Waals surface area contributed by atoms with Crippen molar-refractivity contribution in [3.05, 3.63) is 231 Å². The van der Waals surface area contributed by atoms with Gasteiger partial charge in [-0.25, -0.2) is 0 Å². The zero-order valence-corrected chi connectivity index (χ0v) is 42.5. The molecule has 8 aromatic rings. The molecule has 8 heteroatoms. The molecule has 72 heavy (non-hydrogen) atoms. The number of benzene rings is 8. The van der Waals surface area contributed by atoms with Crippen molar-refractivity contribution in [3.63, 3.8) is 0 Å². The molecule has 0 radical (unpaired) electrons. The Morgan fingerprint density at radius 2 is 0.236 bits per heavy atom. The van der Waals surface area contributed by atoms with E-state index in [4.69, 9.17) is 0 Å². The maximum Gasteiger partial charge on any atom is 0.122 e. The van der Waals surface area contributed by atoms with Gasteiger partial charge in [0.15, 0.2) is 0 Å². The number of hydrogen-bond acceptors (Lipinski definition) is 8. The Bertz CT molecular complexity index is 2610. The first-order valence-electron chi connectivity index (χ1n) is 24.7. The summed E-state index contributed by atoms with van der Waals surface area (Å²) in [5.41, 5.74) is 17.2. The van der Waals surface area contributed by atoms with Crippen LogP contribution in [0.15, 0.2) is 97.1 Å². The third kappa shape index (κ3) is 10.0. The summed E-state index contributed by atoms with van der Waals surface area (Å²) in [6.45, 7) is 15.7. The Morgan fingerprint density at radius 3 is 0.306 bits per heavy atom. The molecule has 8 N–H and O–H groups in total. The zero-order valence-electron chi connectivity index (χ0n) is 42.5. The topological polar surface area (TPSA) is 162 Å². The average Bonchev–Trinajstić information content (AvgIpc) is 3.30. The Labute approximate surface area is 422 Å². The van der Waals surface area contributed by atoms with Gasteiger partial charge in [-0.1, -0.05) is 142 Å². The third-order valence-electron chi connectivity index (χ3n) is 14.3. The first-order valence-corrected chi connectivity index (χ1v) is 24.7. The molecule has 1 aliphatic carbocycles. The monoisotopic (exact) mass is 960 g/mol. The lowest BCUT2D eigenvalue weighted by Crippen LogP contribution is -2.02. The van der Waals surface area contributed by atoms with Crippen LogP contribution in [0.5, 0.6) is 46.0 Å². The van der Waals surface area contributed by atoms with Crippen LogP contribution < -0.4 is 0 Å². The van der Waals surface area contributed by atoms with Gasteiger partial charge in [0.25, 0.3) is 0 Å². The molecule has 0 saturated heterocycles. The molecule has 0 heterocycles. The zero-order chi connectivity index (χ0) is 51.4. The van der Waals surface area contributed by atoms with Crippen LogP contribution in [0.3, 0.4) is 0 Å². The van der Waals surface area contributed by atoms with Gasteiger partial charge in [-0.15, -0.1) is 0 Å². The SMILES string of the molecule is Cc1cc2c(O)c(c1)Cc1cc(C)cc(c1O)Cc1cc(C)cc(c1O)Cc1cc(C)cc(c1O)Cc1cc(C)cc(c1O)Cc1cc(C)cc(c1O)Cc1cc(C)cc(c1O)Cc1cc(C)cc(c1O)C2. The van der Waals surface area contributed by atoms with Crippen molar-refractivity contribution in [2.24, 2.45) is 0 Å². The molecule has 8 aromatic carbocycles. The number of fused-ring (bicyclic) bond motifs is 16. The summed E-state index contributed by atoms with van der Waals surface area (Å²) in [5.74, 6) is 0.582. The van der Waals surface area contributed by atoms with Gasteiger partial charge in [0, 0.05) is 51.4 Å². The molecular formula is C64H64O8. The third-order valence-corrected chi connectivity index (χ3v) is 14.3. The number of hydrogen-bond donors (Lipinski definition) is 8. The number of aryl methyl sites for hydroxylation is 8. The van der Waals surface area contributed by atoms with Crippen LogP contribution in [-0.4, -0.2) is 40.9 Å². The van der Waals surface area contributed by atoms with Crippen molar-refractivity contribution >= 4 is 0 Å². The van der Waals surface area contributed by atoms with E-state index in [2.05, 4.69) is 0 Å². The van der Waals surface area contributed by atoms with Gasteiger partial charge >= 0.3 is 0 Å². The average molecular weight is 961 g/mol. The van der Waals surface area contributed by atoms with E-state index in [0.29, 0.717) is 89.0 Å². The maximum atomic E-state index is 11.9. The summed E-state index contributed by atoms with van der Waals surface area (Å²) in [6, 6.07) is 30.6. The smallest absolute Gasteiger partial charge is 0.122 e. The molecule has 0 aromatic heterocycles. The lowest BCUT2D eigenvalue weighted by Gasteiger charge is -2.19. The van der Waals surface area contributed by atoms with Gasteiger partial charge < -0.3 is 40.9 Å². The van der Waals surface area contributed by atoms with Crippen molar-refractivity contribution in [2.75, 3.05) is 0 Å². The van der Waals surface area contributed by atoms with Gasteiger partial charge in [0.1, 0.15) is 46.0 Å². The highest BCUT2D eigenvalue weighted by atomic mass is 16.3. The molecule has 0 fully saturated rings. The minimum absolute atomic E-state index is 0.0728. The van der Waals surface area contributed by atoms with Crippen molar-refractivity contribution in [3.8, 4) is 46.0 Å². The van der Waals surface area contributed by atoms with Gasteiger partial charge in [-0.05, 0) is 144 Å². The summed E-state index contributed by atoms with van der Waals surface area (Å²) in [6.07, 6.45) is 1.81. The summed E-state index contributed by atoms with van der Waals surface area (Å²) in [7, 11) is 0. The van der Waals surface area contributed by atoms with E-state index < -0.39 is 0 Å². The summed E-state index contributed by atoms with van der Waals surface area (Å²) >= 11 is 0. The lowest BCUT2D eigenvalue weighted by molar-refractivity contribution is 0.451. The van der Waals surface area contributed by atoms with Crippen LogP contribution in [0.2, 0.25) is 0 Å². The van der Waals surface area contributed by atoms with Crippen molar-refractivity contribution in [2.45, 2.75) is 107 Å². The maximum absolute atomic E-state index is 11.9. The molecule has 0 spiro atoms. The Kier molecular flexibility index (Phi) is 13.2. The van der Waals surface area contributed by atoms with E-state index in [9.17, 15) is 40.9 Å². The predicted molar refractivity (Wildman–Crippen MR) is 285 cm³/mol. The molecule has 0 atom stereocenters. The normalized spacial score (nSPS) is 13.0. The van der Waals surface area contributed by atoms with E-state index in [1.807, 2.05) is 152 Å². The van der Waals surface area contributed by atoms with Crippen molar-refractivity contribution < 1.29 is 40.9 Å². The first-order chi connectivity index (χ1) is 34.2. The molecule has 0 aliphatic heterocycles. The Hall–Kier alpha value is -7.84. The highest BCUT2D eigenvalue weighted by Gasteiger charge is 2.23. The van der Waals surface area contributed by atoms with Gasteiger partial charge in [-0.3, -0.25) is 0 Å². The van der Waals surface area contributed by atoms with Gasteiger partial charge in [0.2, 0.25) is 0 Å². The number of aromatic hydroxyl groups is 8. The minimum Gasteiger partial charge on any atom is -0.507 e. The van der Waals surface area contributed by atoms with Crippen LogP contribution >= 0.6 is 0 Å². The molecule has 0 unspecified atom stereocenters. The van der Waals surface area contributed by atoms with Crippen LogP contribution in [0.4, 0.5) is 0 Å². The predicted octanol–water partition coefficient (Wildman–Crippen LogP) is 12.8. The number of phenolic OH excluding ortho intramolecular Hbond substituents is 8. The first kappa shape index (κ1) is 49.2. The quantitative estimate of drug-likeness (QED) is 0.0745. The second-order valence-corrected chi connectivity index (χ2v) is 20.9. The fraction of sp³-hybridized carbons (Fsp3) is 0.250. The molecule has 1 aliphatic rings. The lowest BCUT2D eigenvalue weighted by atomic mass is 9.89. The number of phenols is 8. The molecule has 16 bridgehead atoms. The number of rotatable bonds is 0. The minimum atomic E-state index is 0.0728. The molecule has 0 amide bonds. The van der Waals surface area contributed by atoms with E-state index in [0.717, 1.165) is 44.5 Å². The molecular weight excluding hydrogens is 897 g/mol. The molecule has 8 nitrogen and oxygen atoms in total. The molecule has 9 rings (SSSR count).